The molecule has 3 aromatic heterocycles. The Bertz CT molecular complexity index is 868. The van der Waals surface area contributed by atoms with E-state index in [1.165, 1.54) is 5.69 Å². The fourth-order valence-corrected chi connectivity index (χ4v) is 3.55. The minimum atomic E-state index is -0.0140. The summed E-state index contributed by atoms with van der Waals surface area (Å²) in [6.07, 6.45) is 10.4. The number of rotatable bonds is 3. The number of likely N-dealkylation sites (tertiary alicyclic amines) is 1. The number of amides is 1. The van der Waals surface area contributed by atoms with Crippen molar-refractivity contribution in [2.75, 3.05) is 6.54 Å². The number of aryl methyl sites for hydroxylation is 1. The smallest absolute Gasteiger partial charge is 0.273 e. The van der Waals surface area contributed by atoms with Gasteiger partial charge in [0, 0.05) is 44.1 Å². The SMILES string of the molecule is Cn1cccc1C1CCCCN1C(=O)c1cc(-n2cccn2)ccn1. The lowest BCUT2D eigenvalue weighted by Gasteiger charge is -2.36. The molecule has 0 saturated carbocycles. The molecular formula is C19H21N5O. The summed E-state index contributed by atoms with van der Waals surface area (Å²) in [6.45, 7) is 0.766. The minimum Gasteiger partial charge on any atom is -0.353 e. The normalized spacial score (nSPS) is 17.6. The van der Waals surface area contributed by atoms with E-state index in [1.54, 1.807) is 17.1 Å². The Morgan fingerprint density at radius 3 is 2.84 bits per heavy atom. The summed E-state index contributed by atoms with van der Waals surface area (Å²) >= 11 is 0. The molecule has 1 aliphatic heterocycles. The molecule has 25 heavy (non-hydrogen) atoms. The van der Waals surface area contributed by atoms with Crippen LogP contribution < -0.4 is 0 Å². The molecule has 1 atom stereocenters. The fraction of sp³-hybridized carbons (Fsp3) is 0.316. The van der Waals surface area contributed by atoms with Crippen LogP contribution in [-0.2, 0) is 7.05 Å². The van der Waals surface area contributed by atoms with Crippen LogP contribution in [-0.4, -0.2) is 36.7 Å². The molecule has 0 spiro atoms. The third-order valence-electron chi connectivity index (χ3n) is 4.82. The maximum atomic E-state index is 13.2. The van der Waals surface area contributed by atoms with Crippen LogP contribution >= 0.6 is 0 Å². The Morgan fingerprint density at radius 2 is 2.08 bits per heavy atom. The Balaban J connectivity index is 1.65. The lowest BCUT2D eigenvalue weighted by molar-refractivity contribution is 0.0596. The van der Waals surface area contributed by atoms with E-state index in [4.69, 9.17) is 0 Å². The van der Waals surface area contributed by atoms with Crippen LogP contribution in [0.25, 0.3) is 5.69 Å². The van der Waals surface area contributed by atoms with Gasteiger partial charge in [0.1, 0.15) is 5.69 Å². The Kier molecular flexibility index (Phi) is 4.09. The van der Waals surface area contributed by atoms with Gasteiger partial charge < -0.3 is 9.47 Å². The number of carbonyl (C=O) groups excluding carboxylic acids is 1. The molecule has 0 aromatic carbocycles. The lowest BCUT2D eigenvalue weighted by Crippen LogP contribution is -2.39. The quantitative estimate of drug-likeness (QED) is 0.739. The van der Waals surface area contributed by atoms with E-state index in [1.807, 2.05) is 48.6 Å². The number of nitrogens with zero attached hydrogens (tertiary/aromatic N) is 5. The number of hydrogen-bond acceptors (Lipinski definition) is 3. The van der Waals surface area contributed by atoms with E-state index in [9.17, 15) is 4.79 Å². The zero-order chi connectivity index (χ0) is 17.2. The molecule has 0 radical (unpaired) electrons. The fourth-order valence-electron chi connectivity index (χ4n) is 3.55. The van der Waals surface area contributed by atoms with Crippen LogP contribution in [0.3, 0.4) is 0 Å². The van der Waals surface area contributed by atoms with E-state index in [0.29, 0.717) is 5.69 Å². The van der Waals surface area contributed by atoms with Crippen LogP contribution in [0.5, 0.6) is 0 Å². The van der Waals surface area contributed by atoms with Crippen molar-refractivity contribution in [3.8, 4) is 5.69 Å². The Hall–Kier alpha value is -2.89. The summed E-state index contributed by atoms with van der Waals surface area (Å²) in [5.41, 5.74) is 2.49. The highest BCUT2D eigenvalue weighted by Crippen LogP contribution is 2.32. The van der Waals surface area contributed by atoms with Gasteiger partial charge in [-0.2, -0.15) is 5.10 Å². The summed E-state index contributed by atoms with van der Waals surface area (Å²) in [7, 11) is 2.03. The van der Waals surface area contributed by atoms with E-state index < -0.39 is 0 Å². The number of piperidine rings is 1. The first-order valence-electron chi connectivity index (χ1n) is 8.62. The molecular weight excluding hydrogens is 314 g/mol. The van der Waals surface area contributed by atoms with Gasteiger partial charge in [-0.05, 0) is 49.6 Å². The molecule has 0 aliphatic carbocycles. The van der Waals surface area contributed by atoms with E-state index >= 15 is 0 Å². The molecule has 0 bridgehead atoms. The molecule has 3 aromatic rings. The summed E-state index contributed by atoms with van der Waals surface area (Å²) in [6, 6.07) is 9.77. The molecule has 4 heterocycles. The highest BCUT2D eigenvalue weighted by molar-refractivity contribution is 5.93. The van der Waals surface area contributed by atoms with Gasteiger partial charge in [0.15, 0.2) is 0 Å². The maximum absolute atomic E-state index is 13.2. The van der Waals surface area contributed by atoms with Gasteiger partial charge in [-0.25, -0.2) is 4.68 Å². The molecule has 1 saturated heterocycles. The van der Waals surface area contributed by atoms with Crippen LogP contribution in [0.4, 0.5) is 0 Å². The summed E-state index contributed by atoms with van der Waals surface area (Å²) < 4.78 is 3.84. The van der Waals surface area contributed by atoms with Gasteiger partial charge in [0.2, 0.25) is 0 Å². The first-order chi connectivity index (χ1) is 12.2. The van der Waals surface area contributed by atoms with Crippen LogP contribution in [0, 0.1) is 0 Å². The number of hydrogen-bond donors (Lipinski definition) is 0. The molecule has 0 N–H and O–H groups in total. The molecule has 1 fully saturated rings. The van der Waals surface area contributed by atoms with Gasteiger partial charge >= 0.3 is 0 Å². The van der Waals surface area contributed by atoms with Crippen LogP contribution in [0.15, 0.2) is 55.1 Å². The predicted octanol–water partition coefficient (Wildman–Crippen LogP) is 2.97. The minimum absolute atomic E-state index is 0.0140. The molecule has 6 heteroatoms. The highest BCUT2D eigenvalue weighted by atomic mass is 16.2. The summed E-state index contributed by atoms with van der Waals surface area (Å²) in [4.78, 5) is 19.5. The number of carbonyl (C=O) groups is 1. The number of aromatic nitrogens is 4. The molecule has 128 valence electrons. The average Bonchev–Trinajstić information content (AvgIpc) is 3.33. The highest BCUT2D eigenvalue weighted by Gasteiger charge is 2.30. The maximum Gasteiger partial charge on any atom is 0.273 e. The molecule has 4 rings (SSSR count). The zero-order valence-corrected chi connectivity index (χ0v) is 14.2. The van der Waals surface area contributed by atoms with Crippen LogP contribution in [0.2, 0.25) is 0 Å². The van der Waals surface area contributed by atoms with Gasteiger partial charge in [0.05, 0.1) is 11.7 Å². The van der Waals surface area contributed by atoms with Gasteiger partial charge in [-0.15, -0.1) is 0 Å². The summed E-state index contributed by atoms with van der Waals surface area (Å²) in [5.74, 6) is -0.0140. The van der Waals surface area contributed by atoms with E-state index in [-0.39, 0.29) is 11.9 Å². The van der Waals surface area contributed by atoms with Crippen molar-refractivity contribution in [1.82, 2.24) is 24.2 Å². The topological polar surface area (TPSA) is 56.0 Å². The van der Waals surface area contributed by atoms with Crippen molar-refractivity contribution in [2.45, 2.75) is 25.3 Å². The van der Waals surface area contributed by atoms with Crippen molar-refractivity contribution >= 4 is 5.91 Å². The van der Waals surface area contributed by atoms with Crippen molar-refractivity contribution in [3.05, 3.63) is 66.5 Å². The Labute approximate surface area is 146 Å². The standard InChI is InChI=1S/C19H21N5O/c1-22-11-4-7-17(22)18-6-2-3-12-23(18)19(25)16-14-15(8-10-20-16)24-13-5-9-21-24/h4-5,7-11,13-14,18H,2-3,6,12H2,1H3. The van der Waals surface area contributed by atoms with Crippen molar-refractivity contribution < 1.29 is 4.79 Å². The van der Waals surface area contributed by atoms with Crippen molar-refractivity contribution in [3.63, 3.8) is 0 Å². The molecule has 1 amide bonds. The molecule has 1 unspecified atom stereocenters. The Morgan fingerprint density at radius 1 is 1.16 bits per heavy atom. The largest absolute Gasteiger partial charge is 0.353 e. The van der Waals surface area contributed by atoms with Crippen molar-refractivity contribution in [1.29, 1.82) is 0 Å². The zero-order valence-electron chi connectivity index (χ0n) is 14.2. The predicted molar refractivity (Wildman–Crippen MR) is 94.4 cm³/mol. The van der Waals surface area contributed by atoms with E-state index in [0.717, 1.165) is 31.5 Å². The lowest BCUT2D eigenvalue weighted by atomic mass is 9.98. The third kappa shape index (κ3) is 2.95. The first kappa shape index (κ1) is 15.6. The average molecular weight is 335 g/mol. The molecule has 6 nitrogen and oxygen atoms in total. The monoisotopic (exact) mass is 335 g/mol. The third-order valence-corrected chi connectivity index (χ3v) is 4.82. The van der Waals surface area contributed by atoms with Crippen LogP contribution in [0.1, 0.15) is 41.5 Å². The summed E-state index contributed by atoms with van der Waals surface area (Å²) in [5, 5.41) is 4.23. The van der Waals surface area contributed by atoms with Gasteiger partial charge in [-0.3, -0.25) is 9.78 Å². The second kappa shape index (κ2) is 6.55. The first-order valence-corrected chi connectivity index (χ1v) is 8.62. The second-order valence-electron chi connectivity index (χ2n) is 6.40. The number of pyridine rings is 1. The van der Waals surface area contributed by atoms with Gasteiger partial charge in [0.25, 0.3) is 5.91 Å². The van der Waals surface area contributed by atoms with Crippen molar-refractivity contribution in [2.24, 2.45) is 7.05 Å². The molecule has 1 aliphatic rings. The van der Waals surface area contributed by atoms with Gasteiger partial charge in [-0.1, -0.05) is 0 Å². The van der Waals surface area contributed by atoms with E-state index in [2.05, 4.69) is 20.7 Å². The second-order valence-corrected chi connectivity index (χ2v) is 6.40.